The van der Waals surface area contributed by atoms with E-state index < -0.39 is 5.97 Å². The molecule has 7 nitrogen and oxygen atoms in total. The molecule has 2 rings (SSSR count). The summed E-state index contributed by atoms with van der Waals surface area (Å²) in [6.45, 7) is 2.53. The number of thiazole rings is 1. The van der Waals surface area contributed by atoms with Gasteiger partial charge in [-0.15, -0.1) is 21.5 Å². The molecule has 2 aromatic heterocycles. The molecule has 0 aromatic carbocycles. The number of carbonyl (C=O) groups is 1. The molecule has 2 aromatic rings. The largest absolute Gasteiger partial charge is 0.481 e. The highest BCUT2D eigenvalue weighted by Crippen LogP contribution is 2.21. The Labute approximate surface area is 117 Å². The topological polar surface area (TPSA) is 107 Å². The average molecular weight is 299 g/mol. The fraction of sp³-hybridized carbons (Fsp3) is 0.400. The molecule has 0 fully saturated rings. The fourth-order valence-corrected chi connectivity index (χ4v) is 2.92. The van der Waals surface area contributed by atoms with E-state index in [9.17, 15) is 4.79 Å². The Kier molecular flexibility index (Phi) is 4.38. The predicted molar refractivity (Wildman–Crippen MR) is 73.4 cm³/mol. The third kappa shape index (κ3) is 3.44. The number of anilines is 1. The number of nitrogens with zero attached hydrogens (tertiary/aromatic N) is 4. The van der Waals surface area contributed by atoms with Crippen molar-refractivity contribution >= 4 is 35.0 Å². The van der Waals surface area contributed by atoms with E-state index in [0.717, 1.165) is 23.2 Å². The molecular formula is C10H13N5O2S2. The van der Waals surface area contributed by atoms with Gasteiger partial charge in [-0.3, -0.25) is 9.36 Å². The average Bonchev–Trinajstić information content (AvgIpc) is 2.96. The summed E-state index contributed by atoms with van der Waals surface area (Å²) < 4.78 is 1.67. The van der Waals surface area contributed by atoms with E-state index in [1.807, 2.05) is 6.20 Å². The quantitative estimate of drug-likeness (QED) is 0.769. The molecule has 102 valence electrons. The molecule has 0 atom stereocenters. The van der Waals surface area contributed by atoms with Gasteiger partial charge in [-0.05, 0) is 6.42 Å². The van der Waals surface area contributed by atoms with Crippen LogP contribution in [0, 0.1) is 0 Å². The van der Waals surface area contributed by atoms with Crippen LogP contribution in [0.2, 0.25) is 0 Å². The van der Waals surface area contributed by atoms with Gasteiger partial charge in [0.15, 0.2) is 5.16 Å². The SMILES string of the molecule is CCc1cnc(Cn2c(N)nnc2SCC(=O)O)s1. The van der Waals surface area contributed by atoms with Gasteiger partial charge in [0.25, 0.3) is 0 Å². The molecule has 0 bridgehead atoms. The third-order valence-corrected chi connectivity index (χ3v) is 4.39. The molecule has 0 aliphatic rings. The van der Waals surface area contributed by atoms with E-state index in [2.05, 4.69) is 22.1 Å². The molecule has 0 amide bonds. The van der Waals surface area contributed by atoms with Crippen molar-refractivity contribution < 1.29 is 9.90 Å². The highest BCUT2D eigenvalue weighted by atomic mass is 32.2. The number of hydrogen-bond donors (Lipinski definition) is 2. The van der Waals surface area contributed by atoms with Gasteiger partial charge >= 0.3 is 5.97 Å². The number of carboxylic acids is 1. The van der Waals surface area contributed by atoms with Gasteiger partial charge < -0.3 is 10.8 Å². The normalized spacial score (nSPS) is 10.8. The van der Waals surface area contributed by atoms with E-state index in [-0.39, 0.29) is 11.7 Å². The van der Waals surface area contributed by atoms with Crippen molar-refractivity contribution in [3.8, 4) is 0 Å². The van der Waals surface area contributed by atoms with Crippen LogP contribution in [0.25, 0.3) is 0 Å². The first kappa shape index (κ1) is 13.8. The van der Waals surface area contributed by atoms with Crippen LogP contribution in [0.3, 0.4) is 0 Å². The first-order valence-electron chi connectivity index (χ1n) is 5.57. The molecule has 0 saturated heterocycles. The minimum absolute atomic E-state index is 0.0732. The first-order chi connectivity index (χ1) is 9.10. The number of carboxylic acid groups (broad SMARTS) is 1. The monoisotopic (exact) mass is 299 g/mol. The zero-order chi connectivity index (χ0) is 13.8. The highest BCUT2D eigenvalue weighted by Gasteiger charge is 2.13. The number of thioether (sulfide) groups is 1. The van der Waals surface area contributed by atoms with Gasteiger partial charge in [-0.25, -0.2) is 4.98 Å². The summed E-state index contributed by atoms with van der Waals surface area (Å²) in [6, 6.07) is 0. The van der Waals surface area contributed by atoms with Gasteiger partial charge in [-0.1, -0.05) is 18.7 Å². The maximum atomic E-state index is 10.6. The summed E-state index contributed by atoms with van der Waals surface area (Å²) in [5.41, 5.74) is 5.74. The lowest BCUT2D eigenvalue weighted by atomic mass is 10.4. The van der Waals surface area contributed by atoms with Crippen LogP contribution in [-0.4, -0.2) is 36.6 Å². The second kappa shape index (κ2) is 6.02. The van der Waals surface area contributed by atoms with Crippen molar-refractivity contribution in [2.75, 3.05) is 11.5 Å². The van der Waals surface area contributed by atoms with E-state index in [1.165, 1.54) is 4.88 Å². The second-order valence-electron chi connectivity index (χ2n) is 3.68. The van der Waals surface area contributed by atoms with E-state index in [0.29, 0.717) is 11.7 Å². The van der Waals surface area contributed by atoms with Crippen LogP contribution in [-0.2, 0) is 17.8 Å². The number of aromatic nitrogens is 4. The number of rotatable bonds is 6. The number of hydrogen-bond acceptors (Lipinski definition) is 7. The summed E-state index contributed by atoms with van der Waals surface area (Å²) in [5, 5.41) is 17.7. The second-order valence-corrected chi connectivity index (χ2v) is 5.83. The zero-order valence-corrected chi connectivity index (χ0v) is 11.9. The van der Waals surface area contributed by atoms with Crippen molar-refractivity contribution in [2.45, 2.75) is 25.0 Å². The summed E-state index contributed by atoms with van der Waals surface area (Å²) in [4.78, 5) is 16.1. The molecule has 0 unspecified atom stereocenters. The smallest absolute Gasteiger partial charge is 0.313 e. The maximum absolute atomic E-state index is 10.6. The van der Waals surface area contributed by atoms with Crippen LogP contribution in [0.4, 0.5) is 5.95 Å². The number of aryl methyl sites for hydroxylation is 1. The highest BCUT2D eigenvalue weighted by molar-refractivity contribution is 7.99. The van der Waals surface area contributed by atoms with Crippen molar-refractivity contribution in [2.24, 2.45) is 0 Å². The Hall–Kier alpha value is -1.61. The molecule has 19 heavy (non-hydrogen) atoms. The summed E-state index contributed by atoms with van der Waals surface area (Å²) >= 11 is 2.70. The van der Waals surface area contributed by atoms with Crippen molar-refractivity contribution in [3.05, 3.63) is 16.1 Å². The van der Waals surface area contributed by atoms with Crippen LogP contribution in [0.15, 0.2) is 11.4 Å². The molecule has 0 spiro atoms. The molecule has 3 N–H and O–H groups in total. The first-order valence-corrected chi connectivity index (χ1v) is 7.37. The maximum Gasteiger partial charge on any atom is 0.313 e. The summed E-state index contributed by atoms with van der Waals surface area (Å²) in [5.74, 6) is -0.710. The standard InChI is InChI=1S/C10H13N5O2S2/c1-2-6-3-12-7(19-6)4-15-9(11)13-14-10(15)18-5-8(16)17/h3H,2,4-5H2,1H3,(H2,11,13)(H,16,17). The number of nitrogens with two attached hydrogens (primary N) is 1. The van der Waals surface area contributed by atoms with Crippen LogP contribution < -0.4 is 5.73 Å². The molecule has 0 aliphatic heterocycles. The molecular weight excluding hydrogens is 286 g/mol. The lowest BCUT2D eigenvalue weighted by Gasteiger charge is -2.04. The molecule has 0 saturated carbocycles. The third-order valence-electron chi connectivity index (χ3n) is 2.31. The Bertz CT molecular complexity index is 580. The van der Waals surface area contributed by atoms with E-state index in [1.54, 1.807) is 15.9 Å². The predicted octanol–water partition coefficient (Wildman–Crippen LogP) is 1.10. The van der Waals surface area contributed by atoms with Gasteiger partial charge in [0, 0.05) is 11.1 Å². The lowest BCUT2D eigenvalue weighted by Crippen LogP contribution is -2.07. The van der Waals surface area contributed by atoms with Crippen molar-refractivity contribution in [1.82, 2.24) is 19.7 Å². The fourth-order valence-electron chi connectivity index (χ4n) is 1.40. The van der Waals surface area contributed by atoms with Crippen LogP contribution in [0.5, 0.6) is 0 Å². The summed E-state index contributed by atoms with van der Waals surface area (Å²) in [6.07, 6.45) is 2.78. The number of nitrogen functional groups attached to an aromatic ring is 1. The Morgan fingerprint density at radius 3 is 3.00 bits per heavy atom. The Morgan fingerprint density at radius 2 is 2.37 bits per heavy atom. The van der Waals surface area contributed by atoms with Crippen molar-refractivity contribution in [1.29, 1.82) is 0 Å². The Balaban J connectivity index is 2.14. The molecule has 0 aliphatic carbocycles. The zero-order valence-electron chi connectivity index (χ0n) is 10.2. The van der Waals surface area contributed by atoms with Crippen LogP contribution >= 0.6 is 23.1 Å². The van der Waals surface area contributed by atoms with Crippen LogP contribution in [0.1, 0.15) is 16.8 Å². The minimum atomic E-state index is -0.902. The van der Waals surface area contributed by atoms with Gasteiger partial charge in [0.2, 0.25) is 5.95 Å². The molecule has 9 heteroatoms. The van der Waals surface area contributed by atoms with Gasteiger partial charge in [0.1, 0.15) is 5.01 Å². The van der Waals surface area contributed by atoms with Gasteiger partial charge in [0.05, 0.1) is 12.3 Å². The number of aliphatic carboxylic acids is 1. The van der Waals surface area contributed by atoms with Gasteiger partial charge in [-0.2, -0.15) is 0 Å². The Morgan fingerprint density at radius 1 is 1.58 bits per heavy atom. The minimum Gasteiger partial charge on any atom is -0.481 e. The van der Waals surface area contributed by atoms with Crippen molar-refractivity contribution in [3.63, 3.8) is 0 Å². The molecule has 0 radical (unpaired) electrons. The van der Waals surface area contributed by atoms with E-state index in [4.69, 9.17) is 10.8 Å². The molecule has 2 heterocycles. The lowest BCUT2D eigenvalue weighted by molar-refractivity contribution is -0.133. The van der Waals surface area contributed by atoms with E-state index >= 15 is 0 Å². The summed E-state index contributed by atoms with van der Waals surface area (Å²) in [7, 11) is 0.